The summed E-state index contributed by atoms with van der Waals surface area (Å²) in [5.41, 5.74) is 1.05. The van der Waals surface area contributed by atoms with Gasteiger partial charge in [-0.15, -0.1) is 24.0 Å². The number of hydrogen-bond donors (Lipinski definition) is 2. The van der Waals surface area contributed by atoms with Crippen LogP contribution in [0.4, 0.5) is 0 Å². The summed E-state index contributed by atoms with van der Waals surface area (Å²) in [7, 11) is 1.77. The van der Waals surface area contributed by atoms with E-state index < -0.39 is 0 Å². The fourth-order valence-corrected chi connectivity index (χ4v) is 2.01. The SMILES string of the molecule is CCC(C)NC(=NC)NCc1cc(C(CC)CC)no1.I. The van der Waals surface area contributed by atoms with Crippen molar-refractivity contribution in [2.24, 2.45) is 4.99 Å². The molecule has 0 aliphatic heterocycles. The molecule has 0 aliphatic carbocycles. The van der Waals surface area contributed by atoms with Crippen LogP contribution >= 0.6 is 24.0 Å². The van der Waals surface area contributed by atoms with Gasteiger partial charge in [0, 0.05) is 25.1 Å². The summed E-state index contributed by atoms with van der Waals surface area (Å²) in [4.78, 5) is 4.20. The van der Waals surface area contributed by atoms with E-state index >= 15 is 0 Å². The molecule has 1 rings (SSSR count). The van der Waals surface area contributed by atoms with Crippen LogP contribution < -0.4 is 10.6 Å². The molecule has 0 fully saturated rings. The lowest BCUT2D eigenvalue weighted by molar-refractivity contribution is 0.368. The number of hydrogen-bond acceptors (Lipinski definition) is 3. The van der Waals surface area contributed by atoms with Gasteiger partial charge in [0.2, 0.25) is 0 Å². The van der Waals surface area contributed by atoms with Crippen molar-refractivity contribution in [2.45, 2.75) is 65.5 Å². The molecule has 1 aromatic rings. The van der Waals surface area contributed by atoms with Crippen LogP contribution in [-0.2, 0) is 6.54 Å². The van der Waals surface area contributed by atoms with Gasteiger partial charge >= 0.3 is 0 Å². The van der Waals surface area contributed by atoms with E-state index in [9.17, 15) is 0 Å². The lowest BCUT2D eigenvalue weighted by Gasteiger charge is -2.15. The predicted molar refractivity (Wildman–Crippen MR) is 98.3 cm³/mol. The zero-order chi connectivity index (χ0) is 15.0. The third-order valence-electron chi connectivity index (χ3n) is 3.63. The Kier molecular flexibility index (Phi) is 10.5. The van der Waals surface area contributed by atoms with Crippen molar-refractivity contribution in [2.75, 3.05) is 7.05 Å². The van der Waals surface area contributed by atoms with Gasteiger partial charge in [-0.2, -0.15) is 0 Å². The molecule has 5 nitrogen and oxygen atoms in total. The molecule has 1 heterocycles. The summed E-state index contributed by atoms with van der Waals surface area (Å²) < 4.78 is 5.38. The monoisotopic (exact) mass is 408 g/mol. The van der Waals surface area contributed by atoms with E-state index in [0.717, 1.165) is 36.7 Å². The Morgan fingerprint density at radius 2 is 1.95 bits per heavy atom. The van der Waals surface area contributed by atoms with Crippen molar-refractivity contribution in [1.82, 2.24) is 15.8 Å². The number of halogens is 1. The Labute approximate surface area is 145 Å². The topological polar surface area (TPSA) is 62.5 Å². The molecule has 1 unspecified atom stereocenters. The zero-order valence-corrected chi connectivity index (χ0v) is 16.1. The van der Waals surface area contributed by atoms with Crippen LogP contribution in [0.5, 0.6) is 0 Å². The van der Waals surface area contributed by atoms with Crippen molar-refractivity contribution in [3.05, 3.63) is 17.5 Å². The average molecular weight is 408 g/mol. The number of nitrogens with zero attached hydrogens (tertiary/aromatic N) is 2. The molecule has 2 N–H and O–H groups in total. The molecule has 1 aromatic heterocycles. The fourth-order valence-electron chi connectivity index (χ4n) is 2.01. The highest BCUT2D eigenvalue weighted by Crippen LogP contribution is 2.22. The first-order valence-corrected chi connectivity index (χ1v) is 7.57. The largest absolute Gasteiger partial charge is 0.359 e. The van der Waals surface area contributed by atoms with Crippen LogP contribution in [0.25, 0.3) is 0 Å². The molecule has 6 heteroatoms. The Bertz CT molecular complexity index is 416. The standard InChI is InChI=1S/C15H28N4O.HI/c1-6-11(4)18-15(16-5)17-10-13-9-14(19-20-13)12(7-2)8-3;/h9,11-12H,6-8,10H2,1-5H3,(H2,16,17,18);1H. The zero-order valence-electron chi connectivity index (χ0n) is 13.8. The summed E-state index contributed by atoms with van der Waals surface area (Å²) in [5, 5.41) is 10.7. The molecule has 0 radical (unpaired) electrons. The molecular formula is C15H29IN4O. The highest BCUT2D eigenvalue weighted by Gasteiger charge is 2.13. The van der Waals surface area contributed by atoms with Gasteiger partial charge in [0.1, 0.15) is 0 Å². The maximum Gasteiger partial charge on any atom is 0.191 e. The van der Waals surface area contributed by atoms with Gasteiger partial charge in [-0.1, -0.05) is 25.9 Å². The van der Waals surface area contributed by atoms with Crippen molar-refractivity contribution >= 4 is 29.9 Å². The van der Waals surface area contributed by atoms with Crippen LogP contribution in [0.1, 0.15) is 64.3 Å². The quantitative estimate of drug-likeness (QED) is 0.411. The third kappa shape index (κ3) is 6.67. The van der Waals surface area contributed by atoms with E-state index in [-0.39, 0.29) is 24.0 Å². The highest BCUT2D eigenvalue weighted by atomic mass is 127. The second-order valence-corrected chi connectivity index (χ2v) is 5.11. The number of rotatable bonds is 7. The summed E-state index contributed by atoms with van der Waals surface area (Å²) in [6, 6.07) is 2.44. The number of aromatic nitrogens is 1. The number of aliphatic imine (C=N–C) groups is 1. The molecule has 0 aromatic carbocycles. The smallest absolute Gasteiger partial charge is 0.191 e. The van der Waals surface area contributed by atoms with Crippen molar-refractivity contribution in [3.8, 4) is 0 Å². The van der Waals surface area contributed by atoms with Crippen molar-refractivity contribution in [1.29, 1.82) is 0 Å². The van der Waals surface area contributed by atoms with E-state index in [2.05, 4.69) is 48.5 Å². The first kappa shape index (κ1) is 20.2. The summed E-state index contributed by atoms with van der Waals surface area (Å²) >= 11 is 0. The van der Waals surface area contributed by atoms with Crippen LogP contribution in [0.2, 0.25) is 0 Å². The Hall–Kier alpha value is -0.790. The number of guanidine groups is 1. The minimum atomic E-state index is 0. The van der Waals surface area contributed by atoms with Gasteiger partial charge in [-0.25, -0.2) is 0 Å². The van der Waals surface area contributed by atoms with Gasteiger partial charge in [-0.05, 0) is 26.2 Å². The van der Waals surface area contributed by atoms with E-state index in [1.807, 2.05) is 6.07 Å². The highest BCUT2D eigenvalue weighted by molar-refractivity contribution is 14.0. The Morgan fingerprint density at radius 1 is 1.29 bits per heavy atom. The van der Waals surface area contributed by atoms with Gasteiger partial charge in [-0.3, -0.25) is 4.99 Å². The summed E-state index contributed by atoms with van der Waals surface area (Å²) in [5.74, 6) is 2.13. The molecule has 1 atom stereocenters. The van der Waals surface area contributed by atoms with Gasteiger partial charge in [0.25, 0.3) is 0 Å². The molecule has 0 saturated heterocycles. The molecule has 0 amide bonds. The second kappa shape index (κ2) is 10.9. The van der Waals surface area contributed by atoms with Gasteiger partial charge < -0.3 is 15.2 Å². The third-order valence-corrected chi connectivity index (χ3v) is 3.63. The maximum atomic E-state index is 5.38. The average Bonchev–Trinajstić information content (AvgIpc) is 2.93. The minimum Gasteiger partial charge on any atom is -0.359 e. The van der Waals surface area contributed by atoms with E-state index in [0.29, 0.717) is 18.5 Å². The van der Waals surface area contributed by atoms with Crippen molar-refractivity contribution in [3.63, 3.8) is 0 Å². The van der Waals surface area contributed by atoms with Gasteiger partial charge in [0.05, 0.1) is 12.2 Å². The molecule has 0 aliphatic rings. The van der Waals surface area contributed by atoms with Crippen LogP contribution in [0.15, 0.2) is 15.6 Å². The minimum absolute atomic E-state index is 0. The molecule has 0 spiro atoms. The van der Waals surface area contributed by atoms with Crippen molar-refractivity contribution < 1.29 is 4.52 Å². The second-order valence-electron chi connectivity index (χ2n) is 5.11. The first-order valence-electron chi connectivity index (χ1n) is 7.57. The summed E-state index contributed by atoms with van der Waals surface area (Å²) in [6.07, 6.45) is 3.24. The van der Waals surface area contributed by atoms with E-state index in [1.54, 1.807) is 7.05 Å². The van der Waals surface area contributed by atoms with Gasteiger partial charge in [0.15, 0.2) is 11.7 Å². The predicted octanol–water partition coefficient (Wildman–Crippen LogP) is 3.66. The number of nitrogens with one attached hydrogen (secondary N) is 2. The first-order chi connectivity index (χ1) is 9.64. The van der Waals surface area contributed by atoms with E-state index in [1.165, 1.54) is 0 Å². The summed E-state index contributed by atoms with van der Waals surface area (Å²) in [6.45, 7) is 9.23. The Balaban J connectivity index is 0.00000400. The maximum absolute atomic E-state index is 5.38. The molecule has 21 heavy (non-hydrogen) atoms. The molecule has 0 bridgehead atoms. The lowest BCUT2D eigenvalue weighted by Crippen LogP contribution is -2.41. The molecular weight excluding hydrogens is 379 g/mol. The normalized spacial score (nSPS) is 13.0. The molecule has 0 saturated carbocycles. The van der Waals surface area contributed by atoms with Crippen LogP contribution in [-0.4, -0.2) is 24.2 Å². The molecule has 122 valence electrons. The van der Waals surface area contributed by atoms with E-state index in [4.69, 9.17) is 4.52 Å². The Morgan fingerprint density at radius 3 is 2.48 bits per heavy atom. The fraction of sp³-hybridized carbons (Fsp3) is 0.733. The van der Waals surface area contributed by atoms with Crippen LogP contribution in [0, 0.1) is 0 Å². The van der Waals surface area contributed by atoms with Crippen LogP contribution in [0.3, 0.4) is 0 Å². The lowest BCUT2D eigenvalue weighted by atomic mass is 9.99.